The van der Waals surface area contributed by atoms with Gasteiger partial charge in [-0.05, 0) is 43.2 Å². The third-order valence-corrected chi connectivity index (χ3v) is 3.85. The molecule has 0 atom stereocenters. The van der Waals surface area contributed by atoms with Crippen LogP contribution in [0.25, 0.3) is 0 Å². The highest BCUT2D eigenvalue weighted by Gasteiger charge is 2.36. The monoisotopic (exact) mass is 194 g/mol. The smallest absolute Gasteiger partial charge is 0.126 e. The highest BCUT2D eigenvalue weighted by atomic mass is 32.1. The van der Waals surface area contributed by atoms with Crippen molar-refractivity contribution in [3.63, 3.8) is 0 Å². The molecule has 1 saturated carbocycles. The first kappa shape index (κ1) is 8.95. The molecule has 0 saturated heterocycles. The van der Waals surface area contributed by atoms with Gasteiger partial charge in [-0.15, -0.1) is 11.3 Å². The van der Waals surface area contributed by atoms with E-state index in [0.717, 1.165) is 19.3 Å². The predicted octanol–water partition coefficient (Wildman–Crippen LogP) is 2.97. The predicted molar refractivity (Wildman–Crippen MR) is 55.1 cm³/mol. The van der Waals surface area contributed by atoms with Gasteiger partial charge >= 0.3 is 0 Å². The second-order valence-electron chi connectivity index (χ2n) is 4.08. The molecule has 1 aromatic rings. The second kappa shape index (κ2) is 3.26. The third-order valence-electron chi connectivity index (χ3n) is 2.94. The first-order valence-electron chi connectivity index (χ1n) is 4.74. The van der Waals surface area contributed by atoms with E-state index in [1.54, 1.807) is 11.3 Å². The molecule has 0 unspecified atom stereocenters. The first-order valence-corrected chi connectivity index (χ1v) is 5.62. The van der Waals surface area contributed by atoms with Gasteiger partial charge in [-0.1, -0.05) is 6.42 Å². The molecule has 0 aromatic carbocycles. The standard InChI is InChI=1S/C11H14OS/c1-9-5-10(7-13-9)6-11(8-12)3-2-4-11/h5,7-8H,2-4,6H2,1H3. The highest BCUT2D eigenvalue weighted by molar-refractivity contribution is 7.10. The average Bonchev–Trinajstić information content (AvgIpc) is 2.44. The van der Waals surface area contributed by atoms with E-state index in [2.05, 4.69) is 18.4 Å². The van der Waals surface area contributed by atoms with E-state index in [0.29, 0.717) is 0 Å². The fourth-order valence-electron chi connectivity index (χ4n) is 1.96. The fourth-order valence-corrected chi connectivity index (χ4v) is 2.67. The minimum Gasteiger partial charge on any atom is -0.303 e. The van der Waals surface area contributed by atoms with Crippen molar-refractivity contribution in [1.82, 2.24) is 0 Å². The molecule has 1 aliphatic carbocycles. The Hall–Kier alpha value is -0.630. The highest BCUT2D eigenvalue weighted by Crippen LogP contribution is 2.42. The van der Waals surface area contributed by atoms with Crippen molar-refractivity contribution in [3.8, 4) is 0 Å². The lowest BCUT2D eigenvalue weighted by Gasteiger charge is -2.36. The maximum absolute atomic E-state index is 10.9. The molecule has 0 aliphatic heterocycles. The maximum Gasteiger partial charge on any atom is 0.126 e. The molecule has 0 spiro atoms. The molecule has 1 aliphatic rings. The Morgan fingerprint density at radius 3 is 2.77 bits per heavy atom. The molecule has 0 bridgehead atoms. The van der Waals surface area contributed by atoms with Crippen LogP contribution in [0.4, 0.5) is 0 Å². The number of rotatable bonds is 3. The summed E-state index contributed by atoms with van der Waals surface area (Å²) >= 11 is 1.77. The molecule has 1 heterocycles. The van der Waals surface area contributed by atoms with Gasteiger partial charge in [-0.25, -0.2) is 0 Å². The summed E-state index contributed by atoms with van der Waals surface area (Å²) in [7, 11) is 0. The van der Waals surface area contributed by atoms with E-state index in [1.807, 2.05) is 0 Å². The summed E-state index contributed by atoms with van der Waals surface area (Å²) in [6, 6.07) is 2.20. The molecule has 1 aromatic heterocycles. The van der Waals surface area contributed by atoms with Crippen LogP contribution in [-0.4, -0.2) is 6.29 Å². The lowest BCUT2D eigenvalue weighted by Crippen LogP contribution is -2.33. The molecule has 1 fully saturated rings. The van der Waals surface area contributed by atoms with Crippen molar-refractivity contribution in [2.45, 2.75) is 32.6 Å². The minimum absolute atomic E-state index is 0.00745. The van der Waals surface area contributed by atoms with Gasteiger partial charge in [-0.3, -0.25) is 0 Å². The van der Waals surface area contributed by atoms with Gasteiger partial charge in [0, 0.05) is 10.3 Å². The Kier molecular flexibility index (Phi) is 2.24. The summed E-state index contributed by atoms with van der Waals surface area (Å²) in [4.78, 5) is 12.3. The van der Waals surface area contributed by atoms with E-state index in [-0.39, 0.29) is 5.41 Å². The number of carbonyl (C=O) groups is 1. The SMILES string of the molecule is Cc1cc(CC2(C=O)CCC2)cs1. The van der Waals surface area contributed by atoms with Crippen molar-refractivity contribution >= 4 is 17.6 Å². The summed E-state index contributed by atoms with van der Waals surface area (Å²) in [5.41, 5.74) is 1.35. The van der Waals surface area contributed by atoms with Crippen LogP contribution in [0, 0.1) is 12.3 Å². The third kappa shape index (κ3) is 1.68. The molecule has 0 N–H and O–H groups in total. The summed E-state index contributed by atoms with van der Waals surface area (Å²) in [6.45, 7) is 2.11. The largest absolute Gasteiger partial charge is 0.303 e. The van der Waals surface area contributed by atoms with Gasteiger partial charge in [0.15, 0.2) is 0 Å². The van der Waals surface area contributed by atoms with Crippen LogP contribution < -0.4 is 0 Å². The van der Waals surface area contributed by atoms with Crippen LogP contribution in [0.5, 0.6) is 0 Å². The first-order chi connectivity index (χ1) is 6.24. The quantitative estimate of drug-likeness (QED) is 0.676. The Labute approximate surface area is 82.8 Å². The molecule has 70 valence electrons. The number of hydrogen-bond donors (Lipinski definition) is 0. The number of aryl methyl sites for hydroxylation is 1. The Morgan fingerprint density at radius 1 is 1.62 bits per heavy atom. The van der Waals surface area contributed by atoms with Crippen molar-refractivity contribution in [2.24, 2.45) is 5.41 Å². The van der Waals surface area contributed by atoms with Crippen molar-refractivity contribution in [1.29, 1.82) is 0 Å². The Morgan fingerprint density at radius 2 is 2.38 bits per heavy atom. The average molecular weight is 194 g/mol. The molecule has 2 rings (SSSR count). The summed E-state index contributed by atoms with van der Waals surface area (Å²) in [5.74, 6) is 0. The van der Waals surface area contributed by atoms with E-state index < -0.39 is 0 Å². The lowest BCUT2D eigenvalue weighted by atomic mass is 9.67. The van der Waals surface area contributed by atoms with E-state index in [1.165, 1.54) is 23.1 Å². The van der Waals surface area contributed by atoms with Crippen LogP contribution in [0.3, 0.4) is 0 Å². The summed E-state index contributed by atoms with van der Waals surface area (Å²) in [6.07, 6.45) is 5.53. The van der Waals surface area contributed by atoms with E-state index >= 15 is 0 Å². The van der Waals surface area contributed by atoms with Crippen LogP contribution in [0.2, 0.25) is 0 Å². The van der Waals surface area contributed by atoms with Gasteiger partial charge in [0.25, 0.3) is 0 Å². The van der Waals surface area contributed by atoms with Crippen molar-refractivity contribution in [2.75, 3.05) is 0 Å². The molecule has 2 heteroatoms. The topological polar surface area (TPSA) is 17.1 Å². The Balaban J connectivity index is 2.08. The van der Waals surface area contributed by atoms with Crippen LogP contribution in [-0.2, 0) is 11.2 Å². The lowest BCUT2D eigenvalue weighted by molar-refractivity contribution is -0.120. The molecule has 0 radical (unpaired) electrons. The van der Waals surface area contributed by atoms with Gasteiger partial charge < -0.3 is 4.79 Å². The molecule has 1 nitrogen and oxygen atoms in total. The van der Waals surface area contributed by atoms with E-state index in [4.69, 9.17) is 0 Å². The normalized spacial score (nSPS) is 19.5. The zero-order chi connectivity index (χ0) is 9.31. The minimum atomic E-state index is 0.00745. The molecule has 0 amide bonds. The zero-order valence-corrected chi connectivity index (χ0v) is 8.69. The molecule has 13 heavy (non-hydrogen) atoms. The van der Waals surface area contributed by atoms with Crippen molar-refractivity contribution in [3.05, 3.63) is 21.9 Å². The maximum atomic E-state index is 10.9. The van der Waals surface area contributed by atoms with Gasteiger partial charge in [0.1, 0.15) is 6.29 Å². The summed E-state index contributed by atoms with van der Waals surface area (Å²) < 4.78 is 0. The number of hydrogen-bond acceptors (Lipinski definition) is 2. The second-order valence-corrected chi connectivity index (χ2v) is 5.19. The van der Waals surface area contributed by atoms with Crippen LogP contribution >= 0.6 is 11.3 Å². The number of carbonyl (C=O) groups excluding carboxylic acids is 1. The van der Waals surface area contributed by atoms with Crippen molar-refractivity contribution < 1.29 is 4.79 Å². The number of aldehydes is 1. The molecular weight excluding hydrogens is 180 g/mol. The number of thiophene rings is 1. The Bertz CT molecular complexity index is 310. The zero-order valence-electron chi connectivity index (χ0n) is 7.88. The van der Waals surface area contributed by atoms with Gasteiger partial charge in [-0.2, -0.15) is 0 Å². The van der Waals surface area contributed by atoms with Gasteiger partial charge in [0.2, 0.25) is 0 Å². The van der Waals surface area contributed by atoms with Gasteiger partial charge in [0.05, 0.1) is 0 Å². The fraction of sp³-hybridized carbons (Fsp3) is 0.545. The van der Waals surface area contributed by atoms with Crippen LogP contribution in [0.1, 0.15) is 29.7 Å². The van der Waals surface area contributed by atoms with Crippen LogP contribution in [0.15, 0.2) is 11.4 Å². The molecular formula is C11H14OS. The van der Waals surface area contributed by atoms with E-state index in [9.17, 15) is 4.79 Å². The summed E-state index contributed by atoms with van der Waals surface area (Å²) in [5, 5.41) is 2.18.